The summed E-state index contributed by atoms with van der Waals surface area (Å²) < 4.78 is 4.84. The summed E-state index contributed by atoms with van der Waals surface area (Å²) in [4.78, 5) is 14.8. The van der Waals surface area contributed by atoms with Crippen LogP contribution >= 0.6 is 11.6 Å². The number of nitrogens with zero attached hydrogens (tertiary/aromatic N) is 1. The predicted molar refractivity (Wildman–Crippen MR) is 45.8 cm³/mol. The van der Waals surface area contributed by atoms with Gasteiger partial charge in [-0.15, -0.1) is 0 Å². The van der Waals surface area contributed by atoms with Crippen molar-refractivity contribution in [2.45, 2.75) is 6.92 Å². The average molecular weight is 186 g/mol. The highest BCUT2D eigenvalue weighted by Crippen LogP contribution is 2.16. The molecule has 64 valence electrons. The first-order valence-electron chi connectivity index (χ1n) is 3.36. The van der Waals surface area contributed by atoms with Crippen LogP contribution in [0.4, 0.5) is 0 Å². The first-order chi connectivity index (χ1) is 5.63. The minimum Gasteiger partial charge on any atom is -0.481 e. The van der Waals surface area contributed by atoms with E-state index in [1.165, 1.54) is 20.1 Å². The van der Waals surface area contributed by atoms with E-state index in [1.807, 2.05) is 0 Å². The van der Waals surface area contributed by atoms with E-state index in [0.717, 1.165) is 0 Å². The topological polar surface area (TPSA) is 39.2 Å². The molecule has 0 fully saturated rings. The summed E-state index contributed by atoms with van der Waals surface area (Å²) in [6.07, 6.45) is 0. The van der Waals surface area contributed by atoms with Crippen molar-refractivity contribution in [1.29, 1.82) is 0 Å². The van der Waals surface area contributed by atoms with Gasteiger partial charge in [0.05, 0.1) is 7.11 Å². The number of methoxy groups -OCH3 is 1. The molecule has 3 nitrogen and oxygen atoms in total. The molecule has 1 rings (SSSR count). The number of carbonyl (C=O) groups excluding carboxylic acids is 1. The van der Waals surface area contributed by atoms with Crippen LogP contribution in [-0.4, -0.2) is 17.9 Å². The highest BCUT2D eigenvalue weighted by atomic mass is 35.5. The number of hydrogen-bond donors (Lipinski definition) is 0. The molecular weight excluding hydrogens is 178 g/mol. The summed E-state index contributed by atoms with van der Waals surface area (Å²) in [6, 6.07) is 3.06. The van der Waals surface area contributed by atoms with Gasteiger partial charge in [-0.25, -0.2) is 4.98 Å². The lowest BCUT2D eigenvalue weighted by atomic mass is 10.3. The average Bonchev–Trinajstić information content (AvgIpc) is 2.03. The van der Waals surface area contributed by atoms with Crippen molar-refractivity contribution in [3.63, 3.8) is 0 Å². The molecule has 12 heavy (non-hydrogen) atoms. The molecular formula is C8H8ClNO2. The molecule has 0 N–H and O–H groups in total. The van der Waals surface area contributed by atoms with Crippen LogP contribution in [-0.2, 0) is 0 Å². The highest BCUT2D eigenvalue weighted by Gasteiger charge is 2.04. The van der Waals surface area contributed by atoms with E-state index in [1.54, 1.807) is 6.07 Å². The lowest BCUT2D eigenvalue weighted by Crippen LogP contribution is -1.98. The van der Waals surface area contributed by atoms with Gasteiger partial charge in [0.25, 0.3) is 0 Å². The molecule has 1 aromatic rings. The number of rotatable bonds is 2. The van der Waals surface area contributed by atoms with Crippen LogP contribution in [0, 0.1) is 0 Å². The lowest BCUT2D eigenvalue weighted by Gasteiger charge is -2.00. The molecule has 0 unspecified atom stereocenters. The van der Waals surface area contributed by atoms with Gasteiger partial charge in [-0.3, -0.25) is 4.79 Å². The monoisotopic (exact) mass is 185 g/mol. The Bertz CT molecular complexity index is 312. The molecule has 0 bridgehead atoms. The van der Waals surface area contributed by atoms with Gasteiger partial charge in [0.2, 0.25) is 5.88 Å². The number of pyridine rings is 1. The molecule has 0 aliphatic carbocycles. The van der Waals surface area contributed by atoms with Crippen molar-refractivity contribution in [2.24, 2.45) is 0 Å². The van der Waals surface area contributed by atoms with Crippen molar-refractivity contribution in [1.82, 2.24) is 4.98 Å². The van der Waals surface area contributed by atoms with Crippen molar-refractivity contribution >= 4 is 17.4 Å². The molecule has 0 saturated heterocycles. The number of Topliss-reactive ketones (excluding diaryl/α,β-unsaturated/α-hetero) is 1. The van der Waals surface area contributed by atoms with Crippen molar-refractivity contribution in [2.75, 3.05) is 7.11 Å². The van der Waals surface area contributed by atoms with E-state index in [4.69, 9.17) is 16.3 Å². The summed E-state index contributed by atoms with van der Waals surface area (Å²) >= 11 is 5.70. The Labute approximate surface area is 75.3 Å². The van der Waals surface area contributed by atoms with Gasteiger partial charge < -0.3 is 4.74 Å². The molecule has 0 aliphatic heterocycles. The Morgan fingerprint density at radius 2 is 2.25 bits per heavy atom. The quantitative estimate of drug-likeness (QED) is 0.661. The first kappa shape index (κ1) is 9.00. The summed E-state index contributed by atoms with van der Waals surface area (Å²) in [6.45, 7) is 1.43. The fourth-order valence-electron chi connectivity index (χ4n) is 0.758. The zero-order valence-corrected chi connectivity index (χ0v) is 7.55. The third kappa shape index (κ3) is 1.95. The van der Waals surface area contributed by atoms with E-state index in [2.05, 4.69) is 4.98 Å². The Morgan fingerprint density at radius 1 is 1.58 bits per heavy atom. The van der Waals surface area contributed by atoms with E-state index in [9.17, 15) is 4.79 Å². The van der Waals surface area contributed by atoms with Crippen molar-refractivity contribution in [3.8, 4) is 5.88 Å². The molecule has 0 saturated carbocycles. The molecule has 0 atom stereocenters. The SMILES string of the molecule is COc1cc(Cl)cc(C(C)=O)n1. The fraction of sp³-hybridized carbons (Fsp3) is 0.250. The predicted octanol–water partition coefficient (Wildman–Crippen LogP) is 1.95. The standard InChI is InChI=1S/C8H8ClNO2/c1-5(11)7-3-6(9)4-8(10-7)12-2/h3-4H,1-2H3. The molecule has 0 radical (unpaired) electrons. The number of ketones is 1. The Kier molecular flexibility index (Phi) is 2.65. The first-order valence-corrected chi connectivity index (χ1v) is 3.74. The van der Waals surface area contributed by atoms with E-state index in [0.29, 0.717) is 16.6 Å². The molecule has 1 heterocycles. The third-order valence-corrected chi connectivity index (χ3v) is 1.55. The second-order valence-corrected chi connectivity index (χ2v) is 2.71. The number of halogens is 1. The normalized spacial score (nSPS) is 9.58. The van der Waals surface area contributed by atoms with Gasteiger partial charge in [-0.1, -0.05) is 11.6 Å². The van der Waals surface area contributed by atoms with Crippen LogP contribution < -0.4 is 4.74 Å². The minimum atomic E-state index is -0.129. The summed E-state index contributed by atoms with van der Waals surface area (Å²) in [5, 5.41) is 0.451. The maximum Gasteiger partial charge on any atom is 0.215 e. The van der Waals surface area contributed by atoms with Gasteiger partial charge in [-0.2, -0.15) is 0 Å². The zero-order valence-electron chi connectivity index (χ0n) is 6.80. The smallest absolute Gasteiger partial charge is 0.215 e. The molecule has 0 amide bonds. The Balaban J connectivity index is 3.15. The van der Waals surface area contributed by atoms with Crippen LogP contribution in [0.2, 0.25) is 5.02 Å². The van der Waals surface area contributed by atoms with Gasteiger partial charge in [-0.05, 0) is 6.07 Å². The lowest BCUT2D eigenvalue weighted by molar-refractivity contribution is 0.101. The van der Waals surface area contributed by atoms with Gasteiger partial charge in [0.1, 0.15) is 5.69 Å². The molecule has 0 spiro atoms. The Morgan fingerprint density at radius 3 is 2.75 bits per heavy atom. The van der Waals surface area contributed by atoms with Crippen molar-refractivity contribution in [3.05, 3.63) is 22.8 Å². The van der Waals surface area contributed by atoms with Gasteiger partial charge >= 0.3 is 0 Å². The molecule has 1 aromatic heterocycles. The molecule has 0 aliphatic rings. The summed E-state index contributed by atoms with van der Waals surface area (Å²) in [5.41, 5.74) is 0.319. The number of carbonyl (C=O) groups is 1. The van der Waals surface area contributed by atoms with Crippen LogP contribution in [0.3, 0.4) is 0 Å². The van der Waals surface area contributed by atoms with E-state index < -0.39 is 0 Å². The van der Waals surface area contributed by atoms with Crippen LogP contribution in [0.15, 0.2) is 12.1 Å². The molecule has 0 aromatic carbocycles. The minimum absolute atomic E-state index is 0.129. The molecule has 4 heteroatoms. The zero-order chi connectivity index (χ0) is 9.14. The largest absolute Gasteiger partial charge is 0.481 e. The second-order valence-electron chi connectivity index (χ2n) is 2.27. The number of ether oxygens (including phenoxy) is 1. The van der Waals surface area contributed by atoms with Crippen LogP contribution in [0.1, 0.15) is 17.4 Å². The third-order valence-electron chi connectivity index (χ3n) is 1.34. The van der Waals surface area contributed by atoms with E-state index >= 15 is 0 Å². The van der Waals surface area contributed by atoms with Crippen LogP contribution in [0.25, 0.3) is 0 Å². The number of hydrogen-bond acceptors (Lipinski definition) is 3. The van der Waals surface area contributed by atoms with Crippen LogP contribution in [0.5, 0.6) is 5.88 Å². The maximum absolute atomic E-state index is 10.9. The fourth-order valence-corrected chi connectivity index (χ4v) is 0.955. The Hall–Kier alpha value is -1.09. The van der Waals surface area contributed by atoms with Gasteiger partial charge in [0.15, 0.2) is 5.78 Å². The number of aromatic nitrogens is 1. The van der Waals surface area contributed by atoms with Gasteiger partial charge in [0, 0.05) is 18.0 Å². The second kappa shape index (κ2) is 3.54. The summed E-state index contributed by atoms with van der Waals surface area (Å²) in [5.74, 6) is 0.225. The van der Waals surface area contributed by atoms with E-state index in [-0.39, 0.29) is 5.78 Å². The maximum atomic E-state index is 10.9. The van der Waals surface area contributed by atoms with Crippen molar-refractivity contribution < 1.29 is 9.53 Å². The highest BCUT2D eigenvalue weighted by molar-refractivity contribution is 6.31. The summed E-state index contributed by atoms with van der Waals surface area (Å²) in [7, 11) is 1.47.